The molecule has 2 aromatic rings. The molecule has 2 aromatic carbocycles. The summed E-state index contributed by atoms with van der Waals surface area (Å²) >= 11 is 0. The number of piperazine rings is 1. The van der Waals surface area contributed by atoms with Crippen LogP contribution in [0.2, 0.25) is 0 Å². The van der Waals surface area contributed by atoms with Gasteiger partial charge in [0.1, 0.15) is 24.3 Å². The molecular formula is C22H27FN2O2. The van der Waals surface area contributed by atoms with Gasteiger partial charge in [-0.25, -0.2) is 4.39 Å². The molecule has 4 nitrogen and oxygen atoms in total. The van der Waals surface area contributed by atoms with Crippen molar-refractivity contribution >= 4 is 5.69 Å². The number of aliphatic hydroxyl groups excluding tert-OH is 1. The molecule has 1 aliphatic heterocycles. The van der Waals surface area contributed by atoms with Gasteiger partial charge in [0, 0.05) is 38.4 Å². The predicted molar refractivity (Wildman–Crippen MR) is 105 cm³/mol. The minimum Gasteiger partial charge on any atom is -0.491 e. The molecule has 0 unspecified atom stereocenters. The molecule has 0 saturated carbocycles. The lowest BCUT2D eigenvalue weighted by atomic mass is 10.1. The maximum absolute atomic E-state index is 13.1. The molecule has 27 heavy (non-hydrogen) atoms. The number of hydrogen-bond acceptors (Lipinski definition) is 4. The van der Waals surface area contributed by atoms with Crippen LogP contribution in [0, 0.1) is 5.82 Å². The van der Waals surface area contributed by atoms with E-state index in [0.29, 0.717) is 13.2 Å². The number of halogens is 1. The van der Waals surface area contributed by atoms with Crippen LogP contribution in [0.25, 0.3) is 0 Å². The number of rotatable bonds is 6. The van der Waals surface area contributed by atoms with Crippen LogP contribution < -0.4 is 9.64 Å². The summed E-state index contributed by atoms with van der Waals surface area (Å²) in [6.45, 7) is 4.45. The highest BCUT2D eigenvalue weighted by molar-refractivity contribution is 5.46. The molecule has 0 spiro atoms. The highest BCUT2D eigenvalue weighted by atomic mass is 19.1. The van der Waals surface area contributed by atoms with Gasteiger partial charge in [0.15, 0.2) is 0 Å². The number of β-amino-alcohol motifs (C(OH)–C–C–N with tert-alkyl or cyclic N) is 1. The topological polar surface area (TPSA) is 35.9 Å². The summed E-state index contributed by atoms with van der Waals surface area (Å²) < 4.78 is 18.9. The summed E-state index contributed by atoms with van der Waals surface area (Å²) in [6, 6.07) is 12.9. The Morgan fingerprint density at radius 1 is 0.963 bits per heavy atom. The van der Waals surface area contributed by atoms with Gasteiger partial charge < -0.3 is 14.7 Å². The standard InChI is InChI=1S/C22H27FN2O2/c23-19-5-7-20(8-6-19)25-12-10-24(11-13-25)15-21(26)16-27-22-9-4-17-2-1-3-18(17)14-22/h4-9,14,21,26H,1-3,10-13,15-16H2/t21-/m1/s1. The zero-order chi connectivity index (χ0) is 18.6. The molecule has 144 valence electrons. The lowest BCUT2D eigenvalue weighted by Gasteiger charge is -2.36. The van der Waals surface area contributed by atoms with Crippen LogP contribution in [0.1, 0.15) is 17.5 Å². The van der Waals surface area contributed by atoms with Crippen LogP contribution in [0.15, 0.2) is 42.5 Å². The molecule has 0 radical (unpaired) electrons. The van der Waals surface area contributed by atoms with Crippen molar-refractivity contribution in [3.63, 3.8) is 0 Å². The summed E-state index contributed by atoms with van der Waals surface area (Å²) in [6.07, 6.45) is 3.02. The Kier molecular flexibility index (Phi) is 5.60. The van der Waals surface area contributed by atoms with Crippen molar-refractivity contribution in [1.82, 2.24) is 4.90 Å². The van der Waals surface area contributed by atoms with Crippen LogP contribution >= 0.6 is 0 Å². The Hall–Kier alpha value is -2.11. The molecule has 1 atom stereocenters. The minimum absolute atomic E-state index is 0.205. The number of anilines is 1. The average molecular weight is 370 g/mol. The fourth-order valence-electron chi connectivity index (χ4n) is 4.02. The second-order valence-electron chi connectivity index (χ2n) is 7.51. The van der Waals surface area contributed by atoms with Gasteiger partial charge in [-0.2, -0.15) is 0 Å². The van der Waals surface area contributed by atoms with Gasteiger partial charge in [0.25, 0.3) is 0 Å². The number of aliphatic hydroxyl groups is 1. The van der Waals surface area contributed by atoms with Gasteiger partial charge in [-0.05, 0) is 66.8 Å². The summed E-state index contributed by atoms with van der Waals surface area (Å²) in [5.41, 5.74) is 3.87. The molecule has 1 saturated heterocycles. The number of fused-ring (bicyclic) bond motifs is 1. The van der Waals surface area contributed by atoms with Gasteiger partial charge in [-0.1, -0.05) is 6.07 Å². The van der Waals surface area contributed by atoms with E-state index in [1.54, 1.807) is 0 Å². The number of ether oxygens (including phenoxy) is 1. The zero-order valence-electron chi connectivity index (χ0n) is 15.6. The molecule has 5 heteroatoms. The van der Waals surface area contributed by atoms with Crippen molar-refractivity contribution in [2.24, 2.45) is 0 Å². The van der Waals surface area contributed by atoms with E-state index < -0.39 is 6.10 Å². The molecule has 1 fully saturated rings. The third kappa shape index (κ3) is 4.60. The Morgan fingerprint density at radius 3 is 2.48 bits per heavy atom. The zero-order valence-corrected chi connectivity index (χ0v) is 15.6. The van der Waals surface area contributed by atoms with E-state index >= 15 is 0 Å². The molecule has 0 bridgehead atoms. The number of aryl methyl sites for hydroxylation is 2. The average Bonchev–Trinajstić information content (AvgIpc) is 3.15. The first kappa shape index (κ1) is 18.3. The molecule has 2 aliphatic rings. The Labute approximate surface area is 160 Å². The highest BCUT2D eigenvalue weighted by Gasteiger charge is 2.20. The van der Waals surface area contributed by atoms with E-state index in [2.05, 4.69) is 21.9 Å². The van der Waals surface area contributed by atoms with Crippen molar-refractivity contribution in [3.8, 4) is 5.75 Å². The van der Waals surface area contributed by atoms with E-state index in [4.69, 9.17) is 4.74 Å². The molecule has 1 heterocycles. The van der Waals surface area contributed by atoms with Crippen LogP contribution in [-0.4, -0.2) is 55.4 Å². The van der Waals surface area contributed by atoms with Crippen LogP contribution in [0.3, 0.4) is 0 Å². The van der Waals surface area contributed by atoms with E-state index in [0.717, 1.165) is 44.0 Å². The van der Waals surface area contributed by atoms with Gasteiger partial charge in [0.05, 0.1) is 0 Å². The first-order chi connectivity index (χ1) is 13.2. The summed E-state index contributed by atoms with van der Waals surface area (Å²) in [4.78, 5) is 4.51. The number of benzene rings is 2. The Balaban J connectivity index is 1.21. The predicted octanol–water partition coefficient (Wildman–Crippen LogP) is 2.88. The smallest absolute Gasteiger partial charge is 0.123 e. The molecule has 1 aliphatic carbocycles. The van der Waals surface area contributed by atoms with Crippen molar-refractivity contribution in [2.75, 3.05) is 44.2 Å². The van der Waals surface area contributed by atoms with Crippen molar-refractivity contribution in [2.45, 2.75) is 25.4 Å². The summed E-state index contributed by atoms with van der Waals surface area (Å²) in [5, 5.41) is 10.3. The molecule has 4 rings (SSSR count). The third-order valence-electron chi connectivity index (χ3n) is 5.55. The lowest BCUT2D eigenvalue weighted by Crippen LogP contribution is -2.49. The first-order valence-electron chi connectivity index (χ1n) is 9.83. The molecular weight excluding hydrogens is 343 g/mol. The van der Waals surface area contributed by atoms with Crippen molar-refractivity contribution in [1.29, 1.82) is 0 Å². The maximum Gasteiger partial charge on any atom is 0.123 e. The second-order valence-corrected chi connectivity index (χ2v) is 7.51. The van der Waals surface area contributed by atoms with Gasteiger partial charge in [-0.15, -0.1) is 0 Å². The monoisotopic (exact) mass is 370 g/mol. The first-order valence-corrected chi connectivity index (χ1v) is 9.83. The molecule has 0 amide bonds. The SMILES string of the molecule is O[C@@H](COc1ccc2c(c1)CCC2)CN1CCN(c2ccc(F)cc2)CC1. The van der Waals surface area contributed by atoms with Gasteiger partial charge >= 0.3 is 0 Å². The minimum atomic E-state index is -0.504. The van der Waals surface area contributed by atoms with E-state index in [1.165, 1.54) is 36.1 Å². The summed E-state index contributed by atoms with van der Waals surface area (Å²) in [7, 11) is 0. The van der Waals surface area contributed by atoms with Crippen LogP contribution in [0.4, 0.5) is 10.1 Å². The van der Waals surface area contributed by atoms with Gasteiger partial charge in [-0.3, -0.25) is 4.90 Å². The van der Waals surface area contributed by atoms with E-state index in [9.17, 15) is 9.50 Å². The quantitative estimate of drug-likeness (QED) is 0.848. The fraction of sp³-hybridized carbons (Fsp3) is 0.455. The van der Waals surface area contributed by atoms with Crippen molar-refractivity contribution in [3.05, 3.63) is 59.4 Å². The Bertz CT molecular complexity index is 757. The van der Waals surface area contributed by atoms with Gasteiger partial charge in [0.2, 0.25) is 0 Å². The number of hydrogen-bond donors (Lipinski definition) is 1. The second kappa shape index (κ2) is 8.28. The molecule has 0 aromatic heterocycles. The fourth-order valence-corrected chi connectivity index (χ4v) is 4.02. The molecule has 1 N–H and O–H groups in total. The normalized spacial score (nSPS) is 18.4. The summed E-state index contributed by atoms with van der Waals surface area (Å²) in [5.74, 6) is 0.653. The van der Waals surface area contributed by atoms with E-state index in [-0.39, 0.29) is 5.82 Å². The van der Waals surface area contributed by atoms with Crippen molar-refractivity contribution < 1.29 is 14.2 Å². The van der Waals surface area contributed by atoms with Crippen LogP contribution in [-0.2, 0) is 12.8 Å². The largest absolute Gasteiger partial charge is 0.491 e. The van der Waals surface area contributed by atoms with Crippen LogP contribution in [0.5, 0.6) is 5.75 Å². The van der Waals surface area contributed by atoms with E-state index in [1.807, 2.05) is 18.2 Å². The third-order valence-corrected chi connectivity index (χ3v) is 5.55. The maximum atomic E-state index is 13.1. The Morgan fingerprint density at radius 2 is 1.70 bits per heavy atom. The lowest BCUT2D eigenvalue weighted by molar-refractivity contribution is 0.0663. The number of nitrogens with zero attached hydrogens (tertiary/aromatic N) is 2. The highest BCUT2D eigenvalue weighted by Crippen LogP contribution is 2.26.